The van der Waals surface area contributed by atoms with Gasteiger partial charge < -0.3 is 20.1 Å². The number of piperazine rings is 1. The van der Waals surface area contributed by atoms with E-state index in [0.717, 1.165) is 12.1 Å². The molecular weight excluding hydrogens is 220 g/mol. The van der Waals surface area contributed by atoms with E-state index in [0.29, 0.717) is 18.0 Å². The molecule has 1 aromatic rings. The Labute approximate surface area is 100 Å². The van der Waals surface area contributed by atoms with E-state index in [1.54, 1.807) is 20.3 Å². The number of carbonyl (C=O) groups is 1. The highest BCUT2D eigenvalue weighted by Gasteiger charge is 2.26. The zero-order valence-electron chi connectivity index (χ0n) is 9.95. The predicted molar refractivity (Wildman–Crippen MR) is 63.3 cm³/mol. The van der Waals surface area contributed by atoms with Crippen molar-refractivity contribution in [2.45, 2.75) is 6.04 Å². The van der Waals surface area contributed by atoms with Crippen LogP contribution in [0.3, 0.4) is 0 Å². The molecule has 1 heterocycles. The zero-order valence-corrected chi connectivity index (χ0v) is 9.95. The van der Waals surface area contributed by atoms with Crippen molar-refractivity contribution in [3.05, 3.63) is 23.8 Å². The maximum absolute atomic E-state index is 11.8. The van der Waals surface area contributed by atoms with Crippen molar-refractivity contribution < 1.29 is 14.3 Å². The normalized spacial score (nSPS) is 19.6. The first-order valence-corrected chi connectivity index (χ1v) is 5.49. The number of methoxy groups -OCH3 is 2. The van der Waals surface area contributed by atoms with Gasteiger partial charge in [-0.05, 0) is 18.2 Å². The molecule has 1 aromatic carbocycles. The Bertz CT molecular complexity index is 420. The van der Waals surface area contributed by atoms with Gasteiger partial charge in [-0.3, -0.25) is 4.79 Å². The molecule has 0 unspecified atom stereocenters. The Hall–Kier alpha value is -1.75. The van der Waals surface area contributed by atoms with E-state index in [1.807, 2.05) is 12.1 Å². The van der Waals surface area contributed by atoms with Crippen molar-refractivity contribution in [1.29, 1.82) is 0 Å². The van der Waals surface area contributed by atoms with Crippen LogP contribution in [0.5, 0.6) is 11.5 Å². The van der Waals surface area contributed by atoms with Crippen LogP contribution in [0.4, 0.5) is 0 Å². The number of rotatable bonds is 3. The maximum atomic E-state index is 11.8. The molecule has 5 nitrogen and oxygen atoms in total. The van der Waals surface area contributed by atoms with Gasteiger partial charge in [0.25, 0.3) is 0 Å². The first-order valence-electron chi connectivity index (χ1n) is 5.49. The highest BCUT2D eigenvalue weighted by Crippen LogP contribution is 2.30. The van der Waals surface area contributed by atoms with Gasteiger partial charge in [0.05, 0.1) is 14.2 Å². The Morgan fingerprint density at radius 1 is 1.24 bits per heavy atom. The largest absolute Gasteiger partial charge is 0.497 e. The average molecular weight is 236 g/mol. The number of hydrogen-bond donors (Lipinski definition) is 2. The lowest BCUT2D eigenvalue weighted by atomic mass is 10.0. The lowest BCUT2D eigenvalue weighted by Gasteiger charge is -2.25. The van der Waals surface area contributed by atoms with Crippen LogP contribution in [0, 0.1) is 0 Å². The van der Waals surface area contributed by atoms with E-state index < -0.39 is 0 Å². The molecule has 1 saturated heterocycles. The Kier molecular flexibility index (Phi) is 3.49. The highest BCUT2D eigenvalue weighted by molar-refractivity contribution is 5.84. The molecule has 0 aromatic heterocycles. The predicted octanol–water partition coefficient (Wildman–Crippen LogP) is 0.464. The minimum absolute atomic E-state index is 0.0391. The van der Waals surface area contributed by atoms with Crippen molar-refractivity contribution in [3.8, 4) is 11.5 Å². The summed E-state index contributed by atoms with van der Waals surface area (Å²) in [5.74, 6) is 1.35. The molecule has 0 aliphatic carbocycles. The number of nitrogens with one attached hydrogen (secondary N) is 2. The monoisotopic (exact) mass is 236 g/mol. The number of amides is 1. The minimum Gasteiger partial charge on any atom is -0.497 e. The van der Waals surface area contributed by atoms with E-state index in [1.165, 1.54) is 0 Å². The summed E-state index contributed by atoms with van der Waals surface area (Å²) in [7, 11) is 3.19. The van der Waals surface area contributed by atoms with Gasteiger partial charge in [-0.1, -0.05) is 0 Å². The van der Waals surface area contributed by atoms with Crippen LogP contribution in [-0.2, 0) is 4.79 Å². The molecule has 5 heteroatoms. The summed E-state index contributed by atoms with van der Waals surface area (Å²) in [5, 5.41) is 5.99. The topological polar surface area (TPSA) is 59.6 Å². The van der Waals surface area contributed by atoms with Gasteiger partial charge in [0, 0.05) is 18.7 Å². The fraction of sp³-hybridized carbons (Fsp3) is 0.417. The second-order valence-electron chi connectivity index (χ2n) is 3.79. The summed E-state index contributed by atoms with van der Waals surface area (Å²) in [6.45, 7) is 1.40. The summed E-state index contributed by atoms with van der Waals surface area (Å²) >= 11 is 0. The van der Waals surface area contributed by atoms with Gasteiger partial charge >= 0.3 is 0 Å². The van der Waals surface area contributed by atoms with Gasteiger partial charge in [-0.2, -0.15) is 0 Å². The fourth-order valence-corrected chi connectivity index (χ4v) is 1.91. The van der Waals surface area contributed by atoms with Gasteiger partial charge in [-0.15, -0.1) is 0 Å². The first-order chi connectivity index (χ1) is 8.26. The molecule has 2 N–H and O–H groups in total. The third-order valence-electron chi connectivity index (χ3n) is 2.78. The van der Waals surface area contributed by atoms with Crippen molar-refractivity contribution >= 4 is 5.91 Å². The summed E-state index contributed by atoms with van der Waals surface area (Å²) in [6.07, 6.45) is 0. The fourth-order valence-electron chi connectivity index (χ4n) is 1.91. The molecule has 1 aliphatic rings. The molecule has 0 spiro atoms. The van der Waals surface area contributed by atoms with E-state index in [9.17, 15) is 4.79 Å². The molecule has 0 saturated carbocycles. The maximum Gasteiger partial charge on any atom is 0.241 e. The van der Waals surface area contributed by atoms with Crippen molar-refractivity contribution in [1.82, 2.24) is 10.6 Å². The van der Waals surface area contributed by atoms with Crippen LogP contribution >= 0.6 is 0 Å². The standard InChI is InChI=1S/C12H16N2O3/c1-16-8-3-4-10(17-2)9(7-8)11-12(15)14-6-5-13-11/h3-4,7,11,13H,5-6H2,1-2H3,(H,14,15)/t11-/m1/s1. The Morgan fingerprint density at radius 2 is 2.06 bits per heavy atom. The first kappa shape index (κ1) is 11.7. The SMILES string of the molecule is COc1ccc(OC)c([C@H]2NCCNC2=O)c1. The summed E-state index contributed by atoms with van der Waals surface area (Å²) < 4.78 is 10.4. The molecular formula is C12H16N2O3. The summed E-state index contributed by atoms with van der Waals surface area (Å²) in [6, 6.07) is 5.05. The van der Waals surface area contributed by atoms with Crippen LogP contribution < -0.4 is 20.1 Å². The van der Waals surface area contributed by atoms with Crippen molar-refractivity contribution in [2.24, 2.45) is 0 Å². The summed E-state index contributed by atoms with van der Waals surface area (Å²) in [5.41, 5.74) is 0.795. The second-order valence-corrected chi connectivity index (χ2v) is 3.79. The Balaban J connectivity index is 2.37. The zero-order chi connectivity index (χ0) is 12.3. The molecule has 2 rings (SSSR count). The van der Waals surface area contributed by atoms with Gasteiger partial charge in [-0.25, -0.2) is 0 Å². The molecule has 0 bridgehead atoms. The molecule has 17 heavy (non-hydrogen) atoms. The Morgan fingerprint density at radius 3 is 2.71 bits per heavy atom. The van der Waals surface area contributed by atoms with E-state index >= 15 is 0 Å². The number of carbonyl (C=O) groups excluding carboxylic acids is 1. The van der Waals surface area contributed by atoms with Gasteiger partial charge in [0.15, 0.2) is 0 Å². The number of ether oxygens (including phenoxy) is 2. The molecule has 1 aliphatic heterocycles. The lowest BCUT2D eigenvalue weighted by Crippen LogP contribution is -2.47. The van der Waals surface area contributed by atoms with Crippen LogP contribution in [0.25, 0.3) is 0 Å². The quantitative estimate of drug-likeness (QED) is 0.800. The third kappa shape index (κ3) is 2.34. The van der Waals surface area contributed by atoms with E-state index in [2.05, 4.69) is 10.6 Å². The smallest absolute Gasteiger partial charge is 0.241 e. The highest BCUT2D eigenvalue weighted by atomic mass is 16.5. The van der Waals surface area contributed by atoms with Crippen LogP contribution in [0.15, 0.2) is 18.2 Å². The third-order valence-corrected chi connectivity index (χ3v) is 2.78. The van der Waals surface area contributed by atoms with Crippen LogP contribution in [0.1, 0.15) is 11.6 Å². The van der Waals surface area contributed by atoms with Crippen LogP contribution in [-0.4, -0.2) is 33.2 Å². The van der Waals surface area contributed by atoms with E-state index in [-0.39, 0.29) is 11.9 Å². The molecule has 0 radical (unpaired) electrons. The number of benzene rings is 1. The second kappa shape index (κ2) is 5.05. The van der Waals surface area contributed by atoms with E-state index in [4.69, 9.17) is 9.47 Å². The van der Waals surface area contributed by atoms with Gasteiger partial charge in [0.1, 0.15) is 17.5 Å². The van der Waals surface area contributed by atoms with Crippen molar-refractivity contribution in [3.63, 3.8) is 0 Å². The summed E-state index contributed by atoms with van der Waals surface area (Å²) in [4.78, 5) is 11.8. The molecule has 1 atom stereocenters. The minimum atomic E-state index is -0.381. The average Bonchev–Trinajstić information content (AvgIpc) is 2.38. The molecule has 1 fully saturated rings. The van der Waals surface area contributed by atoms with Crippen molar-refractivity contribution in [2.75, 3.05) is 27.3 Å². The lowest BCUT2D eigenvalue weighted by molar-refractivity contribution is -0.124. The van der Waals surface area contributed by atoms with Gasteiger partial charge in [0.2, 0.25) is 5.91 Å². The molecule has 1 amide bonds. The molecule has 92 valence electrons. The van der Waals surface area contributed by atoms with Crippen LogP contribution in [0.2, 0.25) is 0 Å². The number of hydrogen-bond acceptors (Lipinski definition) is 4.